The SMILES string of the molecule is CCCCC(C)CCCC(CCC)C(=O)[O-].CCCCC(C)CCCC(CCC)C(=O)[O-].[Sn+2]. The minimum absolute atomic E-state index is 0. The first kappa shape index (κ1) is 37.3. The Morgan fingerprint density at radius 2 is 0.818 bits per heavy atom. The maximum atomic E-state index is 10.8. The fourth-order valence-corrected chi connectivity index (χ4v) is 4.28. The average molecular weight is 573 g/mol. The van der Waals surface area contributed by atoms with Crippen molar-refractivity contribution in [2.24, 2.45) is 23.7 Å². The van der Waals surface area contributed by atoms with Gasteiger partial charge in [0.15, 0.2) is 0 Å². The van der Waals surface area contributed by atoms with Crippen LogP contribution in [0, 0.1) is 23.7 Å². The molecule has 0 aromatic heterocycles. The monoisotopic (exact) mass is 574 g/mol. The van der Waals surface area contributed by atoms with E-state index in [-0.39, 0.29) is 35.7 Å². The molecule has 2 radical (unpaired) electrons. The summed E-state index contributed by atoms with van der Waals surface area (Å²) in [6, 6.07) is 0. The number of hydrogen-bond acceptors (Lipinski definition) is 4. The van der Waals surface area contributed by atoms with E-state index < -0.39 is 11.9 Å². The number of hydrogen-bond donors (Lipinski definition) is 0. The van der Waals surface area contributed by atoms with Gasteiger partial charge in [0.25, 0.3) is 0 Å². The Labute approximate surface area is 223 Å². The third-order valence-electron chi connectivity index (χ3n) is 6.54. The Morgan fingerprint density at radius 1 is 0.515 bits per heavy atom. The molecule has 0 aliphatic rings. The molecule has 0 saturated heterocycles. The van der Waals surface area contributed by atoms with Gasteiger partial charge in [0.05, 0.1) is 0 Å². The van der Waals surface area contributed by atoms with Gasteiger partial charge in [-0.1, -0.05) is 119 Å². The number of aliphatic carboxylic acids is 2. The predicted molar refractivity (Wildman–Crippen MR) is 138 cm³/mol. The van der Waals surface area contributed by atoms with E-state index in [4.69, 9.17) is 0 Å². The van der Waals surface area contributed by atoms with E-state index in [1.165, 1.54) is 38.5 Å². The molecule has 0 heterocycles. The van der Waals surface area contributed by atoms with Crippen molar-refractivity contribution in [2.75, 3.05) is 0 Å². The second-order valence-electron chi connectivity index (χ2n) is 9.97. The molecule has 0 aliphatic carbocycles. The minimum Gasteiger partial charge on any atom is -0.550 e. The van der Waals surface area contributed by atoms with Crippen LogP contribution in [0.25, 0.3) is 0 Å². The van der Waals surface area contributed by atoms with Gasteiger partial charge in [-0.25, -0.2) is 0 Å². The molecule has 194 valence electrons. The Hall–Kier alpha value is -0.261. The van der Waals surface area contributed by atoms with E-state index in [1.807, 2.05) is 13.8 Å². The molecule has 4 unspecified atom stereocenters. The van der Waals surface area contributed by atoms with Crippen LogP contribution >= 0.6 is 0 Å². The second kappa shape index (κ2) is 26.3. The van der Waals surface area contributed by atoms with Crippen molar-refractivity contribution in [2.45, 2.75) is 144 Å². The van der Waals surface area contributed by atoms with Crippen LogP contribution in [0.1, 0.15) is 144 Å². The summed E-state index contributed by atoms with van der Waals surface area (Å²) in [5.41, 5.74) is 0. The van der Waals surface area contributed by atoms with E-state index >= 15 is 0 Å². The number of unbranched alkanes of at least 4 members (excludes halogenated alkanes) is 2. The molecule has 0 amide bonds. The van der Waals surface area contributed by atoms with Gasteiger partial charge in [-0.05, 0) is 49.4 Å². The summed E-state index contributed by atoms with van der Waals surface area (Å²) in [7, 11) is 0. The Kier molecular flexibility index (Phi) is 29.8. The minimum atomic E-state index is -0.858. The van der Waals surface area contributed by atoms with Crippen molar-refractivity contribution in [1.82, 2.24) is 0 Å². The summed E-state index contributed by atoms with van der Waals surface area (Å²) in [5.74, 6) is -0.675. The fraction of sp³-hybridized carbons (Fsp3) is 0.929. The van der Waals surface area contributed by atoms with Gasteiger partial charge in [0, 0.05) is 11.9 Å². The molecule has 0 bridgehead atoms. The van der Waals surface area contributed by atoms with E-state index in [0.29, 0.717) is 0 Å². The summed E-state index contributed by atoms with van der Waals surface area (Å²) in [5, 5.41) is 21.7. The van der Waals surface area contributed by atoms with Crippen LogP contribution < -0.4 is 10.2 Å². The van der Waals surface area contributed by atoms with Crippen LogP contribution in [0.2, 0.25) is 0 Å². The van der Waals surface area contributed by atoms with Gasteiger partial charge in [-0.2, -0.15) is 0 Å². The van der Waals surface area contributed by atoms with Gasteiger partial charge >= 0.3 is 23.9 Å². The Balaban J connectivity index is -0.000000529. The smallest absolute Gasteiger partial charge is 0.550 e. The maximum Gasteiger partial charge on any atom is 2.00 e. The zero-order valence-electron chi connectivity index (χ0n) is 22.8. The third-order valence-corrected chi connectivity index (χ3v) is 6.54. The van der Waals surface area contributed by atoms with Crippen LogP contribution in [0.4, 0.5) is 0 Å². The summed E-state index contributed by atoms with van der Waals surface area (Å²) in [4.78, 5) is 21.7. The zero-order chi connectivity index (χ0) is 24.8. The van der Waals surface area contributed by atoms with Crippen LogP contribution in [-0.4, -0.2) is 35.8 Å². The zero-order valence-corrected chi connectivity index (χ0v) is 25.6. The molecule has 0 saturated carbocycles. The van der Waals surface area contributed by atoms with Crippen LogP contribution in [-0.2, 0) is 9.59 Å². The first-order valence-corrected chi connectivity index (χ1v) is 13.6. The number of carboxylic acids is 2. The molecule has 0 aliphatic heterocycles. The van der Waals surface area contributed by atoms with Crippen molar-refractivity contribution in [1.29, 1.82) is 0 Å². The topological polar surface area (TPSA) is 80.3 Å². The summed E-state index contributed by atoms with van der Waals surface area (Å²) in [6.45, 7) is 13.0. The van der Waals surface area contributed by atoms with Gasteiger partial charge in [0.1, 0.15) is 0 Å². The maximum absolute atomic E-state index is 10.8. The van der Waals surface area contributed by atoms with Crippen LogP contribution in [0.3, 0.4) is 0 Å². The van der Waals surface area contributed by atoms with Crippen molar-refractivity contribution < 1.29 is 19.8 Å². The standard InChI is InChI=1S/2C14H28O2.Sn/c2*1-4-6-9-12(3)10-7-11-13(8-5-2)14(15)16;/h2*12-13H,4-11H2,1-3H3,(H,15,16);/q;;+2/p-2. The molecule has 0 fully saturated rings. The van der Waals surface area contributed by atoms with Crippen molar-refractivity contribution in [3.05, 3.63) is 0 Å². The summed E-state index contributed by atoms with van der Waals surface area (Å²) in [6.07, 6.45) is 17.0. The van der Waals surface area contributed by atoms with E-state index in [0.717, 1.165) is 76.0 Å². The quantitative estimate of drug-likeness (QED) is 0.170. The Bertz CT molecular complexity index is 402. The molecule has 5 heteroatoms. The van der Waals surface area contributed by atoms with E-state index in [9.17, 15) is 19.8 Å². The van der Waals surface area contributed by atoms with E-state index in [2.05, 4.69) is 27.7 Å². The van der Waals surface area contributed by atoms with Crippen molar-refractivity contribution >= 4 is 35.8 Å². The van der Waals surface area contributed by atoms with Gasteiger partial charge in [0.2, 0.25) is 0 Å². The number of carbonyl (C=O) groups excluding carboxylic acids is 2. The Morgan fingerprint density at radius 3 is 1.06 bits per heavy atom. The molecule has 33 heavy (non-hydrogen) atoms. The normalized spacial score (nSPS) is 14.2. The first-order valence-electron chi connectivity index (χ1n) is 13.6. The summed E-state index contributed by atoms with van der Waals surface area (Å²) >= 11 is 0. The van der Waals surface area contributed by atoms with Crippen LogP contribution in [0.5, 0.6) is 0 Å². The van der Waals surface area contributed by atoms with E-state index in [1.54, 1.807) is 0 Å². The molecule has 0 spiro atoms. The van der Waals surface area contributed by atoms with Crippen molar-refractivity contribution in [3.8, 4) is 0 Å². The molecular weight excluding hydrogens is 519 g/mol. The third kappa shape index (κ3) is 24.7. The molecule has 0 aromatic rings. The largest absolute Gasteiger partial charge is 2.00 e. The molecule has 0 N–H and O–H groups in total. The average Bonchev–Trinajstić information content (AvgIpc) is 2.75. The van der Waals surface area contributed by atoms with Crippen molar-refractivity contribution in [3.63, 3.8) is 0 Å². The second-order valence-corrected chi connectivity index (χ2v) is 9.97. The summed E-state index contributed by atoms with van der Waals surface area (Å²) < 4.78 is 0. The predicted octanol–water partition coefficient (Wildman–Crippen LogP) is 5.92. The molecule has 0 rings (SSSR count). The molecule has 4 atom stereocenters. The fourth-order valence-electron chi connectivity index (χ4n) is 4.28. The number of carboxylic acid groups (broad SMARTS) is 2. The number of rotatable bonds is 20. The van der Waals surface area contributed by atoms with Crippen LogP contribution in [0.15, 0.2) is 0 Å². The first-order chi connectivity index (χ1) is 15.2. The number of carbonyl (C=O) groups is 2. The van der Waals surface area contributed by atoms with Gasteiger partial charge in [-0.3, -0.25) is 0 Å². The molecular formula is C28H54O4Sn. The van der Waals surface area contributed by atoms with Gasteiger partial charge < -0.3 is 19.8 Å². The van der Waals surface area contributed by atoms with Gasteiger partial charge in [-0.15, -0.1) is 0 Å². The molecule has 4 nitrogen and oxygen atoms in total. The molecule has 0 aromatic carbocycles.